The van der Waals surface area contributed by atoms with Crippen LogP contribution >= 0.6 is 0 Å². The van der Waals surface area contributed by atoms with Gasteiger partial charge in [0.25, 0.3) is 0 Å². The fourth-order valence-corrected chi connectivity index (χ4v) is 8.73. The van der Waals surface area contributed by atoms with Gasteiger partial charge in [0.2, 0.25) is 0 Å². The highest BCUT2D eigenvalue weighted by atomic mass is 16.3. The van der Waals surface area contributed by atoms with Crippen molar-refractivity contribution in [2.45, 2.75) is 90.7 Å². The summed E-state index contributed by atoms with van der Waals surface area (Å²) in [4.78, 5) is 0. The van der Waals surface area contributed by atoms with Crippen molar-refractivity contribution in [3.05, 3.63) is 47.5 Å². The molecule has 0 aliphatic heterocycles. The van der Waals surface area contributed by atoms with E-state index in [0.717, 1.165) is 49.5 Å². The van der Waals surface area contributed by atoms with E-state index in [1.165, 1.54) is 44.1 Å². The third-order valence-electron chi connectivity index (χ3n) is 10.5. The highest BCUT2D eigenvalue weighted by Gasteiger charge is 2.59. The molecule has 2 nitrogen and oxygen atoms in total. The molecule has 3 fully saturated rings. The Morgan fingerprint density at radius 3 is 2.65 bits per heavy atom. The molecule has 0 radical (unpaired) electrons. The van der Waals surface area contributed by atoms with E-state index in [0.29, 0.717) is 16.9 Å². The zero-order valence-electron chi connectivity index (χ0n) is 19.9. The molecule has 3 saturated carbocycles. The number of hydrogen-bond donors (Lipinski definition) is 2. The summed E-state index contributed by atoms with van der Waals surface area (Å²) in [5, 5.41) is 14.2. The quantitative estimate of drug-likeness (QED) is 0.559. The Balaban J connectivity index is 1.26. The van der Waals surface area contributed by atoms with Gasteiger partial charge in [-0.05, 0) is 111 Å². The summed E-state index contributed by atoms with van der Waals surface area (Å²) in [7, 11) is 0. The maximum Gasteiger partial charge on any atom is 0.0577 e. The largest absolute Gasteiger partial charge is 0.393 e. The molecule has 4 aliphatic carbocycles. The minimum Gasteiger partial charge on any atom is -0.393 e. The average Bonchev–Trinajstić information content (AvgIpc) is 3.12. The summed E-state index contributed by atoms with van der Waals surface area (Å²) in [6, 6.07) is 11.5. The van der Waals surface area contributed by atoms with Crippen LogP contribution in [0.5, 0.6) is 0 Å². The van der Waals surface area contributed by atoms with E-state index in [2.05, 4.69) is 62.5 Å². The second-order valence-corrected chi connectivity index (χ2v) is 11.9. The molecule has 0 aromatic heterocycles. The van der Waals surface area contributed by atoms with E-state index < -0.39 is 0 Å². The molecule has 170 valence electrons. The lowest BCUT2D eigenvalue weighted by molar-refractivity contribution is -0.0535. The van der Waals surface area contributed by atoms with Gasteiger partial charge in [0.15, 0.2) is 0 Å². The topological polar surface area (TPSA) is 32.3 Å². The van der Waals surface area contributed by atoms with E-state index in [4.69, 9.17) is 0 Å². The third-order valence-corrected chi connectivity index (χ3v) is 10.5. The summed E-state index contributed by atoms with van der Waals surface area (Å²) < 4.78 is 0. The van der Waals surface area contributed by atoms with Crippen LogP contribution in [0.1, 0.15) is 77.7 Å². The highest BCUT2D eigenvalue weighted by molar-refractivity contribution is 5.25. The van der Waals surface area contributed by atoms with Gasteiger partial charge in [-0.25, -0.2) is 0 Å². The van der Waals surface area contributed by atoms with E-state index >= 15 is 0 Å². The SMILES string of the molecule is CC(NCCc1ccccc1)C1CCC2C3CC=C4CC(O)CCC4(C)C3CCC12C. The van der Waals surface area contributed by atoms with Crippen LogP contribution in [0.2, 0.25) is 0 Å². The molecule has 5 rings (SSSR count). The lowest BCUT2D eigenvalue weighted by Crippen LogP contribution is -2.52. The molecule has 0 amide bonds. The van der Waals surface area contributed by atoms with E-state index in [1.807, 2.05) is 0 Å². The van der Waals surface area contributed by atoms with E-state index in [9.17, 15) is 5.11 Å². The van der Waals surface area contributed by atoms with Crippen LogP contribution in [0.25, 0.3) is 0 Å². The normalized spacial score (nSPS) is 42.8. The first kappa shape index (κ1) is 21.7. The van der Waals surface area contributed by atoms with Gasteiger partial charge in [-0.2, -0.15) is 0 Å². The van der Waals surface area contributed by atoms with Crippen molar-refractivity contribution in [1.29, 1.82) is 0 Å². The number of benzene rings is 1. The minimum absolute atomic E-state index is 0.0941. The Hall–Kier alpha value is -1.12. The van der Waals surface area contributed by atoms with Crippen LogP contribution in [0.4, 0.5) is 0 Å². The van der Waals surface area contributed by atoms with Gasteiger partial charge in [-0.3, -0.25) is 0 Å². The molecule has 1 aromatic rings. The molecule has 0 heterocycles. The van der Waals surface area contributed by atoms with Crippen molar-refractivity contribution >= 4 is 0 Å². The van der Waals surface area contributed by atoms with Crippen LogP contribution in [-0.2, 0) is 6.42 Å². The van der Waals surface area contributed by atoms with Crippen molar-refractivity contribution in [2.24, 2.45) is 34.5 Å². The van der Waals surface area contributed by atoms with E-state index in [-0.39, 0.29) is 6.10 Å². The summed E-state index contributed by atoms with van der Waals surface area (Å²) in [6.45, 7) is 8.73. The van der Waals surface area contributed by atoms with Gasteiger partial charge in [-0.1, -0.05) is 55.8 Å². The number of aliphatic hydroxyl groups is 1. The first-order chi connectivity index (χ1) is 14.9. The second kappa shape index (κ2) is 8.34. The highest BCUT2D eigenvalue weighted by Crippen LogP contribution is 2.66. The van der Waals surface area contributed by atoms with Crippen LogP contribution in [0, 0.1) is 34.5 Å². The zero-order chi connectivity index (χ0) is 21.6. The monoisotopic (exact) mass is 421 g/mol. The summed E-state index contributed by atoms with van der Waals surface area (Å²) in [6.07, 6.45) is 13.6. The standard InChI is InChI=1S/C29H43NO/c1-20(30-18-15-21-7-5-4-6-8-21)25-11-12-26-24-10-9-22-19-23(31)13-16-28(22,2)27(24)14-17-29(25,26)3/h4-9,20,23-27,30-31H,10-19H2,1-3H3. The number of rotatable bonds is 5. The maximum absolute atomic E-state index is 10.2. The molecule has 1 aromatic carbocycles. The number of hydrogen-bond acceptors (Lipinski definition) is 2. The van der Waals surface area contributed by atoms with Crippen molar-refractivity contribution < 1.29 is 5.11 Å². The van der Waals surface area contributed by atoms with Crippen LogP contribution in [0.15, 0.2) is 42.0 Å². The Morgan fingerprint density at radius 1 is 1.03 bits per heavy atom. The Morgan fingerprint density at radius 2 is 1.84 bits per heavy atom. The average molecular weight is 422 g/mol. The van der Waals surface area contributed by atoms with Gasteiger partial charge >= 0.3 is 0 Å². The van der Waals surface area contributed by atoms with Crippen LogP contribution < -0.4 is 5.32 Å². The second-order valence-electron chi connectivity index (χ2n) is 11.9. The zero-order valence-corrected chi connectivity index (χ0v) is 19.9. The van der Waals surface area contributed by atoms with Crippen molar-refractivity contribution in [1.82, 2.24) is 5.32 Å². The molecule has 0 spiro atoms. The fourth-order valence-electron chi connectivity index (χ4n) is 8.73. The molecular formula is C29H43NO. The summed E-state index contributed by atoms with van der Waals surface area (Å²) in [5.74, 6) is 3.40. The molecule has 2 N–H and O–H groups in total. The lowest BCUT2D eigenvalue weighted by atomic mass is 9.47. The summed E-state index contributed by atoms with van der Waals surface area (Å²) >= 11 is 0. The predicted molar refractivity (Wildman–Crippen MR) is 129 cm³/mol. The predicted octanol–water partition coefficient (Wildman–Crippen LogP) is 6.15. The third kappa shape index (κ3) is 3.72. The first-order valence-corrected chi connectivity index (χ1v) is 13.1. The maximum atomic E-state index is 10.2. The number of nitrogens with one attached hydrogen (secondary N) is 1. The van der Waals surface area contributed by atoms with Crippen molar-refractivity contribution in [3.63, 3.8) is 0 Å². The number of fused-ring (bicyclic) bond motifs is 5. The van der Waals surface area contributed by atoms with Gasteiger partial charge in [0.05, 0.1) is 6.10 Å². The first-order valence-electron chi connectivity index (χ1n) is 13.1. The molecule has 2 heteroatoms. The van der Waals surface area contributed by atoms with Gasteiger partial charge in [0.1, 0.15) is 0 Å². The fraction of sp³-hybridized carbons (Fsp3) is 0.724. The Labute approximate surface area is 189 Å². The van der Waals surface area contributed by atoms with Crippen molar-refractivity contribution in [2.75, 3.05) is 6.54 Å². The van der Waals surface area contributed by atoms with Gasteiger partial charge < -0.3 is 10.4 Å². The van der Waals surface area contributed by atoms with Crippen molar-refractivity contribution in [3.8, 4) is 0 Å². The minimum atomic E-state index is -0.0941. The smallest absolute Gasteiger partial charge is 0.0577 e. The van der Waals surface area contributed by atoms with Crippen LogP contribution in [-0.4, -0.2) is 23.8 Å². The molecule has 0 saturated heterocycles. The molecule has 8 atom stereocenters. The molecule has 8 unspecified atom stereocenters. The Kier molecular flexibility index (Phi) is 5.84. The number of aliphatic hydroxyl groups excluding tert-OH is 1. The molecule has 0 bridgehead atoms. The molecular weight excluding hydrogens is 378 g/mol. The Bertz CT molecular complexity index is 802. The number of allylic oxidation sites excluding steroid dienone is 1. The van der Waals surface area contributed by atoms with E-state index in [1.54, 1.807) is 5.57 Å². The summed E-state index contributed by atoms with van der Waals surface area (Å²) in [5.41, 5.74) is 3.90. The molecule has 4 aliphatic rings. The van der Waals surface area contributed by atoms with Crippen LogP contribution in [0.3, 0.4) is 0 Å². The van der Waals surface area contributed by atoms with Gasteiger partial charge in [-0.15, -0.1) is 0 Å². The molecule has 31 heavy (non-hydrogen) atoms. The lowest BCUT2D eigenvalue weighted by Gasteiger charge is -2.58. The van der Waals surface area contributed by atoms with Gasteiger partial charge in [0, 0.05) is 6.04 Å².